The molecule has 0 aliphatic rings. The molecule has 0 bridgehead atoms. The number of carbonyl (C=O) groups excluding carboxylic acids is 2. The van der Waals surface area contributed by atoms with Gasteiger partial charge in [0.2, 0.25) is 5.91 Å². The minimum absolute atomic E-state index is 0.106. The monoisotopic (exact) mass is 422 g/mol. The second-order valence-corrected chi connectivity index (χ2v) is 8.44. The van der Waals surface area contributed by atoms with Gasteiger partial charge in [-0.25, -0.2) is 12.8 Å². The SMILES string of the molecule is CCOC(=O)CN(CC(=O)Nc1ccc(S(C)(=O)=O)cc1)Cc1ccc(F)cc1. The van der Waals surface area contributed by atoms with Gasteiger partial charge in [-0.3, -0.25) is 14.5 Å². The van der Waals surface area contributed by atoms with Crippen LogP contribution in [0.5, 0.6) is 0 Å². The second kappa shape index (κ2) is 10.1. The van der Waals surface area contributed by atoms with Crippen molar-refractivity contribution in [3.63, 3.8) is 0 Å². The van der Waals surface area contributed by atoms with E-state index in [1.54, 1.807) is 24.0 Å². The molecule has 0 aliphatic heterocycles. The Morgan fingerprint density at radius 3 is 2.21 bits per heavy atom. The van der Waals surface area contributed by atoms with Gasteiger partial charge in [-0.1, -0.05) is 12.1 Å². The molecule has 0 fully saturated rings. The molecule has 2 aromatic carbocycles. The Morgan fingerprint density at radius 2 is 1.66 bits per heavy atom. The van der Waals surface area contributed by atoms with Crippen molar-refractivity contribution < 1.29 is 27.1 Å². The predicted octanol–water partition coefficient (Wildman–Crippen LogP) is 2.23. The molecule has 0 aliphatic carbocycles. The van der Waals surface area contributed by atoms with Crippen LogP contribution in [0, 0.1) is 5.82 Å². The lowest BCUT2D eigenvalue weighted by Crippen LogP contribution is -2.37. The standard InChI is InChI=1S/C20H23FN2O5S/c1-3-28-20(25)14-23(12-15-4-6-16(21)7-5-15)13-19(24)22-17-8-10-18(11-9-17)29(2,26)27/h4-11H,3,12-14H2,1-2H3,(H,22,24). The number of carbonyl (C=O) groups is 2. The maximum Gasteiger partial charge on any atom is 0.320 e. The van der Waals surface area contributed by atoms with Crippen molar-refractivity contribution >= 4 is 27.4 Å². The maximum absolute atomic E-state index is 13.1. The quantitative estimate of drug-likeness (QED) is 0.623. The number of rotatable bonds is 9. The molecule has 0 atom stereocenters. The molecular weight excluding hydrogens is 399 g/mol. The topological polar surface area (TPSA) is 92.8 Å². The van der Waals surface area contributed by atoms with Crippen molar-refractivity contribution in [2.75, 3.05) is 31.3 Å². The van der Waals surface area contributed by atoms with Crippen molar-refractivity contribution in [1.29, 1.82) is 0 Å². The van der Waals surface area contributed by atoms with Gasteiger partial charge in [0.15, 0.2) is 9.84 Å². The number of benzene rings is 2. The van der Waals surface area contributed by atoms with E-state index in [1.807, 2.05) is 0 Å². The summed E-state index contributed by atoms with van der Waals surface area (Å²) in [7, 11) is -3.32. The van der Waals surface area contributed by atoms with Gasteiger partial charge in [0, 0.05) is 18.5 Å². The summed E-state index contributed by atoms with van der Waals surface area (Å²) in [6, 6.07) is 11.6. The summed E-state index contributed by atoms with van der Waals surface area (Å²) < 4.78 is 41.0. The van der Waals surface area contributed by atoms with E-state index >= 15 is 0 Å². The molecular formula is C20H23FN2O5S. The first-order valence-corrected chi connectivity index (χ1v) is 10.8. The Balaban J connectivity index is 2.04. The van der Waals surface area contributed by atoms with E-state index in [2.05, 4.69) is 5.32 Å². The highest BCUT2D eigenvalue weighted by Crippen LogP contribution is 2.14. The molecule has 0 aromatic heterocycles. The van der Waals surface area contributed by atoms with Crippen LogP contribution in [0.2, 0.25) is 0 Å². The van der Waals surface area contributed by atoms with Gasteiger partial charge in [-0.2, -0.15) is 0 Å². The fraction of sp³-hybridized carbons (Fsp3) is 0.300. The largest absolute Gasteiger partial charge is 0.465 e. The van der Waals surface area contributed by atoms with Crippen molar-refractivity contribution in [1.82, 2.24) is 4.90 Å². The zero-order valence-electron chi connectivity index (χ0n) is 16.2. The first kappa shape index (κ1) is 22.5. The summed E-state index contributed by atoms with van der Waals surface area (Å²) >= 11 is 0. The van der Waals surface area contributed by atoms with E-state index in [9.17, 15) is 22.4 Å². The summed E-state index contributed by atoms with van der Waals surface area (Å²) in [6.07, 6.45) is 1.10. The maximum atomic E-state index is 13.1. The van der Waals surface area contributed by atoms with Crippen LogP contribution >= 0.6 is 0 Å². The van der Waals surface area contributed by atoms with E-state index in [0.29, 0.717) is 5.69 Å². The number of hydrogen-bond donors (Lipinski definition) is 1. The van der Waals surface area contributed by atoms with Gasteiger partial charge in [0.25, 0.3) is 0 Å². The number of anilines is 1. The van der Waals surface area contributed by atoms with Crippen LogP contribution in [-0.4, -0.2) is 51.1 Å². The summed E-state index contributed by atoms with van der Waals surface area (Å²) in [6.45, 7) is 1.95. The molecule has 2 aromatic rings. The van der Waals surface area contributed by atoms with Crippen molar-refractivity contribution in [3.05, 3.63) is 59.9 Å². The molecule has 0 radical (unpaired) electrons. The summed E-state index contributed by atoms with van der Waals surface area (Å²) in [5, 5.41) is 2.66. The molecule has 0 heterocycles. The van der Waals surface area contributed by atoms with Gasteiger partial charge in [0.05, 0.1) is 24.6 Å². The molecule has 29 heavy (non-hydrogen) atoms. The minimum Gasteiger partial charge on any atom is -0.465 e. The average molecular weight is 422 g/mol. The van der Waals surface area contributed by atoms with E-state index in [0.717, 1.165) is 11.8 Å². The Kier molecular flexibility index (Phi) is 7.86. The van der Waals surface area contributed by atoms with Crippen LogP contribution in [0.1, 0.15) is 12.5 Å². The summed E-state index contributed by atoms with van der Waals surface area (Å²) in [5.74, 6) is -1.23. The average Bonchev–Trinajstić information content (AvgIpc) is 2.63. The highest BCUT2D eigenvalue weighted by molar-refractivity contribution is 7.90. The molecule has 2 rings (SSSR count). The van der Waals surface area contributed by atoms with Gasteiger partial charge >= 0.3 is 5.97 Å². The highest BCUT2D eigenvalue weighted by Gasteiger charge is 2.16. The highest BCUT2D eigenvalue weighted by atomic mass is 32.2. The lowest BCUT2D eigenvalue weighted by molar-refractivity contribution is -0.144. The van der Waals surface area contributed by atoms with E-state index in [1.165, 1.54) is 36.4 Å². The van der Waals surface area contributed by atoms with Crippen LogP contribution in [0.4, 0.5) is 10.1 Å². The molecule has 1 N–H and O–H groups in total. The summed E-state index contributed by atoms with van der Waals surface area (Å²) in [5.41, 5.74) is 1.17. The molecule has 0 unspecified atom stereocenters. The zero-order chi connectivity index (χ0) is 21.4. The fourth-order valence-corrected chi connectivity index (χ4v) is 3.22. The Morgan fingerprint density at radius 1 is 1.03 bits per heavy atom. The Hall–Kier alpha value is -2.78. The fourth-order valence-electron chi connectivity index (χ4n) is 2.59. The van der Waals surface area contributed by atoms with E-state index in [4.69, 9.17) is 4.74 Å². The number of amides is 1. The first-order valence-electron chi connectivity index (χ1n) is 8.89. The van der Waals surface area contributed by atoms with Crippen molar-refractivity contribution in [3.8, 4) is 0 Å². The number of nitrogens with zero attached hydrogens (tertiary/aromatic N) is 1. The Labute approximate surface area is 169 Å². The molecule has 0 saturated carbocycles. The van der Waals surface area contributed by atoms with Gasteiger partial charge in [0.1, 0.15) is 5.82 Å². The number of halogens is 1. The molecule has 7 nitrogen and oxygen atoms in total. The number of ether oxygens (including phenoxy) is 1. The number of sulfone groups is 1. The predicted molar refractivity (Wildman–Crippen MR) is 106 cm³/mol. The normalized spacial score (nSPS) is 11.3. The van der Waals surface area contributed by atoms with Crippen molar-refractivity contribution in [2.24, 2.45) is 0 Å². The van der Waals surface area contributed by atoms with Gasteiger partial charge < -0.3 is 10.1 Å². The van der Waals surface area contributed by atoms with Gasteiger partial charge in [-0.05, 0) is 48.9 Å². The minimum atomic E-state index is -3.32. The van der Waals surface area contributed by atoms with Crippen LogP contribution in [0.25, 0.3) is 0 Å². The van der Waals surface area contributed by atoms with E-state index in [-0.39, 0.29) is 42.9 Å². The van der Waals surface area contributed by atoms with Crippen LogP contribution < -0.4 is 5.32 Å². The van der Waals surface area contributed by atoms with Gasteiger partial charge in [-0.15, -0.1) is 0 Å². The van der Waals surface area contributed by atoms with Crippen molar-refractivity contribution in [2.45, 2.75) is 18.4 Å². The summed E-state index contributed by atoms with van der Waals surface area (Å²) in [4.78, 5) is 26.0. The lowest BCUT2D eigenvalue weighted by Gasteiger charge is -2.21. The number of nitrogens with one attached hydrogen (secondary N) is 1. The Bertz CT molecular complexity index is 944. The molecule has 1 amide bonds. The van der Waals surface area contributed by atoms with Crippen LogP contribution in [0.3, 0.4) is 0 Å². The molecule has 9 heteroatoms. The third kappa shape index (κ3) is 7.63. The smallest absolute Gasteiger partial charge is 0.320 e. The molecule has 0 saturated heterocycles. The van der Waals surface area contributed by atoms with E-state index < -0.39 is 15.8 Å². The lowest BCUT2D eigenvalue weighted by atomic mass is 10.2. The third-order valence-corrected chi connectivity index (χ3v) is 5.04. The second-order valence-electron chi connectivity index (χ2n) is 6.42. The first-order chi connectivity index (χ1) is 13.7. The molecule has 156 valence electrons. The van der Waals surface area contributed by atoms with Crippen LogP contribution in [0.15, 0.2) is 53.4 Å². The zero-order valence-corrected chi connectivity index (χ0v) is 17.0. The molecule has 0 spiro atoms. The third-order valence-electron chi connectivity index (χ3n) is 3.91. The van der Waals surface area contributed by atoms with Crippen LogP contribution in [-0.2, 0) is 30.7 Å². The number of esters is 1. The number of hydrogen-bond acceptors (Lipinski definition) is 6.